The standard InChI is InChI=1S/C21H20FN5O3S/c1-13-11-14(2)27(25-13)18-8-7-15(12-17(18)22)24-20(28)9-10-23-21-16-5-3-4-6-19(16)31(29,30)26-21/h3-8,11-12H,9-10H2,1-2H3,(H,23,26)(H,24,28). The minimum atomic E-state index is -3.62. The van der Waals surface area contributed by atoms with Gasteiger partial charge in [0.1, 0.15) is 11.5 Å². The largest absolute Gasteiger partial charge is 0.326 e. The molecule has 160 valence electrons. The lowest BCUT2D eigenvalue weighted by atomic mass is 10.2. The van der Waals surface area contributed by atoms with Crippen molar-refractivity contribution in [1.29, 1.82) is 0 Å². The van der Waals surface area contributed by atoms with Gasteiger partial charge in [-0.05, 0) is 50.2 Å². The molecule has 2 N–H and O–H groups in total. The van der Waals surface area contributed by atoms with Crippen LogP contribution < -0.4 is 10.0 Å². The number of amides is 1. The van der Waals surface area contributed by atoms with Crippen molar-refractivity contribution < 1.29 is 17.6 Å². The third-order valence-corrected chi connectivity index (χ3v) is 6.14. The Morgan fingerprint density at radius 2 is 1.97 bits per heavy atom. The van der Waals surface area contributed by atoms with E-state index in [2.05, 4.69) is 20.1 Å². The molecule has 0 spiro atoms. The summed E-state index contributed by atoms with van der Waals surface area (Å²) in [6, 6.07) is 12.7. The van der Waals surface area contributed by atoms with Gasteiger partial charge in [0.05, 0.1) is 17.1 Å². The fourth-order valence-electron chi connectivity index (χ4n) is 3.37. The van der Waals surface area contributed by atoms with Crippen LogP contribution in [-0.2, 0) is 14.8 Å². The van der Waals surface area contributed by atoms with E-state index in [1.165, 1.54) is 16.8 Å². The maximum absolute atomic E-state index is 14.5. The van der Waals surface area contributed by atoms with E-state index in [4.69, 9.17) is 0 Å². The van der Waals surface area contributed by atoms with Gasteiger partial charge in [0.2, 0.25) is 5.91 Å². The predicted molar refractivity (Wildman–Crippen MR) is 114 cm³/mol. The van der Waals surface area contributed by atoms with E-state index in [-0.39, 0.29) is 29.6 Å². The number of nitrogens with zero attached hydrogens (tertiary/aromatic N) is 3. The SMILES string of the molecule is Cc1cc(C)n(-c2ccc(NC(=O)CCN=C3NS(=O)(=O)c4ccccc43)cc2F)n1. The highest BCUT2D eigenvalue weighted by Gasteiger charge is 2.29. The third-order valence-electron chi connectivity index (χ3n) is 4.74. The van der Waals surface area contributed by atoms with Crippen molar-refractivity contribution in [3.63, 3.8) is 0 Å². The van der Waals surface area contributed by atoms with Gasteiger partial charge in [-0.1, -0.05) is 12.1 Å². The van der Waals surface area contributed by atoms with E-state index in [0.29, 0.717) is 16.9 Å². The van der Waals surface area contributed by atoms with Crippen LogP contribution in [0.5, 0.6) is 0 Å². The Morgan fingerprint density at radius 3 is 2.68 bits per heavy atom. The van der Waals surface area contributed by atoms with Gasteiger partial charge in [-0.2, -0.15) is 5.10 Å². The first-order valence-corrected chi connectivity index (χ1v) is 11.0. The summed E-state index contributed by atoms with van der Waals surface area (Å²) in [5.74, 6) is -0.665. The van der Waals surface area contributed by atoms with E-state index in [1.54, 1.807) is 30.3 Å². The van der Waals surface area contributed by atoms with Crippen LogP contribution in [0.3, 0.4) is 0 Å². The number of benzene rings is 2. The van der Waals surface area contributed by atoms with Crippen molar-refractivity contribution in [2.75, 3.05) is 11.9 Å². The Labute approximate surface area is 178 Å². The Balaban J connectivity index is 1.40. The lowest BCUT2D eigenvalue weighted by Gasteiger charge is -2.09. The molecule has 0 unspecified atom stereocenters. The zero-order valence-corrected chi connectivity index (χ0v) is 17.7. The summed E-state index contributed by atoms with van der Waals surface area (Å²) in [7, 11) is -3.62. The first kappa shape index (κ1) is 20.7. The lowest BCUT2D eigenvalue weighted by molar-refractivity contribution is -0.116. The zero-order valence-electron chi connectivity index (χ0n) is 16.9. The summed E-state index contributed by atoms with van der Waals surface area (Å²) in [5.41, 5.74) is 2.67. The van der Waals surface area contributed by atoms with Gasteiger partial charge in [0, 0.05) is 23.4 Å². The minimum absolute atomic E-state index is 0.00816. The third kappa shape index (κ3) is 4.19. The molecule has 2 heterocycles. The average molecular weight is 441 g/mol. The van der Waals surface area contributed by atoms with E-state index >= 15 is 0 Å². The molecule has 0 fully saturated rings. The van der Waals surface area contributed by atoms with Crippen LogP contribution in [0.4, 0.5) is 10.1 Å². The van der Waals surface area contributed by atoms with Crippen LogP contribution >= 0.6 is 0 Å². The molecular formula is C21H20FN5O3S. The second kappa shape index (κ2) is 7.95. The van der Waals surface area contributed by atoms with Crippen molar-refractivity contribution >= 4 is 27.5 Å². The topological polar surface area (TPSA) is 105 Å². The molecule has 0 radical (unpaired) electrons. The van der Waals surface area contributed by atoms with Crippen molar-refractivity contribution in [2.24, 2.45) is 4.99 Å². The summed E-state index contributed by atoms with van der Waals surface area (Å²) in [5, 5.41) is 6.89. The van der Waals surface area contributed by atoms with Gasteiger partial charge in [-0.3, -0.25) is 14.5 Å². The predicted octanol–water partition coefficient (Wildman–Crippen LogP) is 2.70. The molecule has 8 nitrogen and oxygen atoms in total. The summed E-state index contributed by atoms with van der Waals surface area (Å²) in [6.07, 6.45) is 0.00816. The first-order chi connectivity index (χ1) is 14.7. The van der Waals surface area contributed by atoms with Crippen LogP contribution in [0.2, 0.25) is 0 Å². The number of aliphatic imine (C=N–C) groups is 1. The quantitative estimate of drug-likeness (QED) is 0.635. The van der Waals surface area contributed by atoms with Crippen molar-refractivity contribution in [3.8, 4) is 5.69 Å². The maximum atomic E-state index is 14.5. The molecule has 1 amide bonds. The zero-order chi connectivity index (χ0) is 22.2. The molecule has 0 saturated heterocycles. The van der Waals surface area contributed by atoms with Crippen LogP contribution in [0.1, 0.15) is 23.4 Å². The number of carbonyl (C=O) groups excluding carboxylic acids is 1. The minimum Gasteiger partial charge on any atom is -0.326 e. The van der Waals surface area contributed by atoms with E-state index in [1.807, 2.05) is 19.9 Å². The average Bonchev–Trinajstić information content (AvgIpc) is 3.17. The molecule has 31 heavy (non-hydrogen) atoms. The van der Waals surface area contributed by atoms with Gasteiger partial charge in [0.15, 0.2) is 5.82 Å². The Bertz CT molecular complexity index is 1310. The molecule has 1 aliphatic heterocycles. The molecule has 1 aromatic heterocycles. The van der Waals surface area contributed by atoms with Gasteiger partial charge < -0.3 is 5.32 Å². The number of hydrogen-bond acceptors (Lipinski definition) is 5. The van der Waals surface area contributed by atoms with Crippen LogP contribution in [0.25, 0.3) is 5.69 Å². The monoisotopic (exact) mass is 441 g/mol. The second-order valence-corrected chi connectivity index (χ2v) is 8.79. The molecule has 0 aliphatic carbocycles. The molecule has 10 heteroatoms. The maximum Gasteiger partial charge on any atom is 0.263 e. The van der Waals surface area contributed by atoms with E-state index in [0.717, 1.165) is 11.4 Å². The van der Waals surface area contributed by atoms with Crippen molar-refractivity contribution in [1.82, 2.24) is 14.5 Å². The fraction of sp³-hybridized carbons (Fsp3) is 0.190. The highest BCUT2D eigenvalue weighted by Crippen LogP contribution is 2.22. The van der Waals surface area contributed by atoms with Crippen LogP contribution in [-0.4, -0.2) is 36.5 Å². The first-order valence-electron chi connectivity index (χ1n) is 9.54. The Kier molecular flexibility index (Phi) is 5.32. The fourth-order valence-corrected chi connectivity index (χ4v) is 4.62. The number of rotatable bonds is 5. The van der Waals surface area contributed by atoms with Crippen molar-refractivity contribution in [2.45, 2.75) is 25.2 Å². The van der Waals surface area contributed by atoms with Crippen LogP contribution in [0, 0.1) is 19.7 Å². The molecule has 0 atom stereocenters. The Hall–Kier alpha value is -3.53. The lowest BCUT2D eigenvalue weighted by Crippen LogP contribution is -2.23. The number of amidine groups is 1. The molecule has 1 aliphatic rings. The number of hydrogen-bond donors (Lipinski definition) is 2. The van der Waals surface area contributed by atoms with E-state index in [9.17, 15) is 17.6 Å². The summed E-state index contributed by atoms with van der Waals surface area (Å²) in [4.78, 5) is 16.6. The molecular weight excluding hydrogens is 421 g/mol. The summed E-state index contributed by atoms with van der Waals surface area (Å²) in [6.45, 7) is 3.73. The van der Waals surface area contributed by atoms with Gasteiger partial charge in [-0.25, -0.2) is 17.5 Å². The smallest absolute Gasteiger partial charge is 0.263 e. The van der Waals surface area contributed by atoms with Gasteiger partial charge in [-0.15, -0.1) is 0 Å². The molecule has 3 aromatic rings. The number of halogens is 1. The number of aryl methyl sites for hydroxylation is 2. The molecule has 2 aromatic carbocycles. The highest BCUT2D eigenvalue weighted by molar-refractivity contribution is 7.90. The normalized spacial score (nSPS) is 15.5. The number of anilines is 1. The summed E-state index contributed by atoms with van der Waals surface area (Å²) < 4.78 is 42.6. The number of carbonyl (C=O) groups is 1. The molecule has 0 bridgehead atoms. The van der Waals surface area contributed by atoms with E-state index < -0.39 is 15.8 Å². The molecule has 0 saturated carbocycles. The number of sulfonamides is 1. The number of nitrogens with one attached hydrogen (secondary N) is 2. The van der Waals surface area contributed by atoms with Crippen molar-refractivity contribution in [3.05, 3.63) is 71.3 Å². The van der Waals surface area contributed by atoms with Gasteiger partial charge >= 0.3 is 0 Å². The molecule has 4 rings (SSSR count). The number of aromatic nitrogens is 2. The Morgan fingerprint density at radius 1 is 1.19 bits per heavy atom. The summed E-state index contributed by atoms with van der Waals surface area (Å²) >= 11 is 0. The van der Waals surface area contributed by atoms with Gasteiger partial charge in [0.25, 0.3) is 10.0 Å². The second-order valence-electron chi connectivity index (χ2n) is 7.14. The number of fused-ring (bicyclic) bond motifs is 1. The highest BCUT2D eigenvalue weighted by atomic mass is 32.2. The van der Waals surface area contributed by atoms with Crippen LogP contribution in [0.15, 0.2) is 58.4 Å².